The molecule has 3 nitrogen and oxygen atoms in total. The molecule has 0 atom stereocenters. The van der Waals surface area contributed by atoms with Crippen molar-refractivity contribution in [2.45, 2.75) is 13.2 Å². The molecule has 2 rings (SSSR count). The molecule has 0 aliphatic carbocycles. The third kappa shape index (κ3) is 2.82. The molecule has 94 valence electrons. The second kappa shape index (κ2) is 5.87. The van der Waals surface area contributed by atoms with E-state index < -0.39 is 0 Å². The summed E-state index contributed by atoms with van der Waals surface area (Å²) >= 11 is 6.05. The molecule has 0 aliphatic rings. The van der Waals surface area contributed by atoms with E-state index in [1.165, 1.54) is 0 Å². The Morgan fingerprint density at radius 2 is 1.83 bits per heavy atom. The minimum atomic E-state index is 0.0193. The van der Waals surface area contributed by atoms with Crippen LogP contribution in [0.3, 0.4) is 0 Å². The number of rotatable bonds is 4. The zero-order valence-corrected chi connectivity index (χ0v) is 10.5. The van der Waals surface area contributed by atoms with Crippen molar-refractivity contribution in [1.29, 1.82) is 0 Å². The summed E-state index contributed by atoms with van der Waals surface area (Å²) in [6.07, 6.45) is 0. The molecule has 18 heavy (non-hydrogen) atoms. The molecule has 0 unspecified atom stereocenters. The standard InChI is InChI=1S/C14H14ClNO2/c15-13-2-1-3-14(12(13)8-16)18-11-6-4-10(9-17)5-7-11/h1-7,17H,8-9,16H2. The van der Waals surface area contributed by atoms with Crippen LogP contribution in [0, 0.1) is 0 Å². The first-order chi connectivity index (χ1) is 8.74. The first-order valence-electron chi connectivity index (χ1n) is 5.59. The van der Waals surface area contributed by atoms with Gasteiger partial charge >= 0.3 is 0 Å². The Labute approximate surface area is 111 Å². The Kier molecular flexibility index (Phi) is 4.20. The van der Waals surface area contributed by atoms with Crippen LogP contribution in [0.15, 0.2) is 42.5 Å². The smallest absolute Gasteiger partial charge is 0.133 e. The van der Waals surface area contributed by atoms with Crippen LogP contribution in [-0.2, 0) is 13.2 Å². The fourth-order valence-corrected chi connectivity index (χ4v) is 1.87. The van der Waals surface area contributed by atoms with Gasteiger partial charge in [0.1, 0.15) is 11.5 Å². The van der Waals surface area contributed by atoms with Crippen molar-refractivity contribution in [3.63, 3.8) is 0 Å². The molecule has 3 N–H and O–H groups in total. The van der Waals surface area contributed by atoms with E-state index in [0.29, 0.717) is 23.1 Å². The lowest BCUT2D eigenvalue weighted by Crippen LogP contribution is -2.00. The molecule has 0 aliphatic heterocycles. The van der Waals surface area contributed by atoms with Crippen molar-refractivity contribution >= 4 is 11.6 Å². The largest absolute Gasteiger partial charge is 0.457 e. The van der Waals surface area contributed by atoms with Gasteiger partial charge in [0.05, 0.1) is 6.61 Å². The fraction of sp³-hybridized carbons (Fsp3) is 0.143. The molecule has 0 radical (unpaired) electrons. The van der Waals surface area contributed by atoms with Crippen LogP contribution in [-0.4, -0.2) is 5.11 Å². The van der Waals surface area contributed by atoms with Gasteiger partial charge in [-0.3, -0.25) is 0 Å². The van der Waals surface area contributed by atoms with Crippen molar-refractivity contribution < 1.29 is 9.84 Å². The van der Waals surface area contributed by atoms with Gasteiger partial charge in [-0.25, -0.2) is 0 Å². The van der Waals surface area contributed by atoms with Gasteiger partial charge in [-0.05, 0) is 29.8 Å². The van der Waals surface area contributed by atoms with E-state index in [-0.39, 0.29) is 6.61 Å². The lowest BCUT2D eigenvalue weighted by molar-refractivity contribution is 0.281. The Morgan fingerprint density at radius 3 is 2.44 bits per heavy atom. The fourth-order valence-electron chi connectivity index (χ4n) is 1.62. The molecule has 0 spiro atoms. The second-order valence-electron chi connectivity index (χ2n) is 3.82. The van der Waals surface area contributed by atoms with E-state index in [1.54, 1.807) is 18.2 Å². The van der Waals surface area contributed by atoms with Gasteiger partial charge in [0, 0.05) is 17.1 Å². The van der Waals surface area contributed by atoms with Gasteiger partial charge in [-0.15, -0.1) is 0 Å². The van der Waals surface area contributed by atoms with Gasteiger partial charge in [-0.2, -0.15) is 0 Å². The zero-order chi connectivity index (χ0) is 13.0. The number of halogens is 1. The van der Waals surface area contributed by atoms with E-state index in [1.807, 2.05) is 24.3 Å². The summed E-state index contributed by atoms with van der Waals surface area (Å²) in [5.74, 6) is 1.34. The number of hydrogen-bond donors (Lipinski definition) is 2. The van der Waals surface area contributed by atoms with Gasteiger partial charge in [0.25, 0.3) is 0 Å². The van der Waals surface area contributed by atoms with Gasteiger partial charge in [-0.1, -0.05) is 29.8 Å². The highest BCUT2D eigenvalue weighted by Crippen LogP contribution is 2.30. The Hall–Kier alpha value is -1.55. The predicted molar refractivity (Wildman–Crippen MR) is 71.8 cm³/mol. The summed E-state index contributed by atoms with van der Waals surface area (Å²) in [6.45, 7) is 0.342. The summed E-state index contributed by atoms with van der Waals surface area (Å²) in [6, 6.07) is 12.6. The SMILES string of the molecule is NCc1c(Cl)cccc1Oc1ccc(CO)cc1. The van der Waals surface area contributed by atoms with E-state index in [2.05, 4.69) is 0 Å². The molecule has 0 amide bonds. The summed E-state index contributed by atoms with van der Waals surface area (Å²) in [5, 5.41) is 9.56. The number of hydrogen-bond acceptors (Lipinski definition) is 3. The minimum Gasteiger partial charge on any atom is -0.457 e. The topological polar surface area (TPSA) is 55.5 Å². The predicted octanol–water partition coefficient (Wildman–Crippen LogP) is 3.08. The molecule has 0 saturated carbocycles. The van der Waals surface area contributed by atoms with Crippen LogP contribution in [0.25, 0.3) is 0 Å². The van der Waals surface area contributed by atoms with Crippen molar-refractivity contribution in [3.8, 4) is 11.5 Å². The molecule has 0 bridgehead atoms. The Morgan fingerprint density at radius 1 is 1.11 bits per heavy atom. The number of ether oxygens (including phenoxy) is 1. The van der Waals surface area contributed by atoms with E-state index in [4.69, 9.17) is 27.2 Å². The van der Waals surface area contributed by atoms with Crippen molar-refractivity contribution in [3.05, 3.63) is 58.6 Å². The molecular weight excluding hydrogens is 250 g/mol. The highest BCUT2D eigenvalue weighted by molar-refractivity contribution is 6.31. The number of aliphatic hydroxyl groups excluding tert-OH is 1. The van der Waals surface area contributed by atoms with Crippen LogP contribution in [0.1, 0.15) is 11.1 Å². The summed E-state index contributed by atoms with van der Waals surface area (Å²) in [4.78, 5) is 0. The summed E-state index contributed by atoms with van der Waals surface area (Å²) in [5.41, 5.74) is 7.28. The average Bonchev–Trinajstić information content (AvgIpc) is 2.40. The lowest BCUT2D eigenvalue weighted by atomic mass is 10.2. The number of benzene rings is 2. The first-order valence-corrected chi connectivity index (χ1v) is 5.97. The quantitative estimate of drug-likeness (QED) is 0.891. The molecule has 0 heterocycles. The minimum absolute atomic E-state index is 0.0193. The van der Waals surface area contributed by atoms with E-state index in [0.717, 1.165) is 11.1 Å². The van der Waals surface area contributed by atoms with Crippen LogP contribution < -0.4 is 10.5 Å². The molecule has 2 aromatic carbocycles. The van der Waals surface area contributed by atoms with Crippen molar-refractivity contribution in [2.75, 3.05) is 0 Å². The monoisotopic (exact) mass is 263 g/mol. The number of nitrogens with two attached hydrogens (primary N) is 1. The van der Waals surface area contributed by atoms with Crippen molar-refractivity contribution in [1.82, 2.24) is 0 Å². The van der Waals surface area contributed by atoms with Crippen LogP contribution in [0.2, 0.25) is 5.02 Å². The number of aliphatic hydroxyl groups is 1. The summed E-state index contributed by atoms with van der Waals surface area (Å²) < 4.78 is 5.73. The van der Waals surface area contributed by atoms with Crippen LogP contribution >= 0.6 is 11.6 Å². The molecule has 4 heteroatoms. The summed E-state index contributed by atoms with van der Waals surface area (Å²) in [7, 11) is 0. The third-order valence-electron chi connectivity index (χ3n) is 2.61. The third-order valence-corrected chi connectivity index (χ3v) is 2.97. The second-order valence-corrected chi connectivity index (χ2v) is 4.23. The van der Waals surface area contributed by atoms with E-state index in [9.17, 15) is 0 Å². The molecular formula is C14H14ClNO2. The lowest BCUT2D eigenvalue weighted by Gasteiger charge is -2.11. The highest BCUT2D eigenvalue weighted by atomic mass is 35.5. The maximum Gasteiger partial charge on any atom is 0.133 e. The highest BCUT2D eigenvalue weighted by Gasteiger charge is 2.07. The molecule has 0 aromatic heterocycles. The molecule has 2 aromatic rings. The Balaban J connectivity index is 2.25. The maximum atomic E-state index is 8.96. The zero-order valence-electron chi connectivity index (χ0n) is 9.77. The van der Waals surface area contributed by atoms with Crippen LogP contribution in [0.4, 0.5) is 0 Å². The van der Waals surface area contributed by atoms with Crippen LogP contribution in [0.5, 0.6) is 11.5 Å². The average molecular weight is 264 g/mol. The van der Waals surface area contributed by atoms with Gasteiger partial charge in [0.15, 0.2) is 0 Å². The van der Waals surface area contributed by atoms with Gasteiger partial charge < -0.3 is 15.6 Å². The maximum absolute atomic E-state index is 8.96. The van der Waals surface area contributed by atoms with Gasteiger partial charge in [0.2, 0.25) is 0 Å². The van der Waals surface area contributed by atoms with Crippen molar-refractivity contribution in [2.24, 2.45) is 5.73 Å². The normalized spacial score (nSPS) is 10.4. The Bertz CT molecular complexity index is 526. The first kappa shape index (κ1) is 12.9. The van der Waals surface area contributed by atoms with E-state index >= 15 is 0 Å². The molecule has 0 saturated heterocycles. The molecule has 0 fully saturated rings.